The van der Waals surface area contributed by atoms with Gasteiger partial charge in [-0.05, 0) is 146 Å². The van der Waals surface area contributed by atoms with Gasteiger partial charge in [0, 0.05) is 47.1 Å². The predicted molar refractivity (Wildman–Crippen MR) is 345 cm³/mol. The average Bonchev–Trinajstić information content (AvgIpc) is 1.75. The maximum Gasteiger partial charge on any atom is 0.386 e. The number of rotatable bonds is 15. The third kappa shape index (κ3) is 13.2. The van der Waals surface area contributed by atoms with Gasteiger partial charge in [0.2, 0.25) is 5.91 Å². The fraction of sp³-hybridized carbons (Fsp3) is 0.145. The van der Waals surface area contributed by atoms with Crippen LogP contribution in [-0.4, -0.2) is 115 Å². The van der Waals surface area contributed by atoms with E-state index < -0.39 is 17.8 Å². The minimum absolute atomic E-state index is 0.0307. The van der Waals surface area contributed by atoms with Crippen LogP contribution in [-0.2, 0) is 14.3 Å². The number of benzene rings is 7. The number of carbonyl (C=O) groups is 5. The lowest BCUT2D eigenvalue weighted by Gasteiger charge is -2.17. The van der Waals surface area contributed by atoms with Crippen LogP contribution >= 0.6 is 23.1 Å². The first kappa shape index (κ1) is 62.4. The molecule has 0 unspecified atom stereocenters. The molecule has 0 fully saturated rings. The molecule has 8 N–H and O–H groups in total. The van der Waals surface area contributed by atoms with Gasteiger partial charge in [0.05, 0.1) is 68.1 Å². The third-order valence-electron chi connectivity index (χ3n) is 14.1. The number of hydrogen-bond donors (Lipinski definition) is 6. The van der Waals surface area contributed by atoms with Gasteiger partial charge in [-0.25, -0.2) is 4.79 Å². The van der Waals surface area contributed by atoms with Crippen molar-refractivity contribution in [1.82, 2.24) is 44.2 Å². The predicted octanol–water partition coefficient (Wildman–Crippen LogP) is 10.7. The molecular weight excluding hydrogens is 1230 g/mol. The number of carbonyl (C=O) groups excluding carboxylic acids is 5. The zero-order valence-corrected chi connectivity index (χ0v) is 51.2. The molecule has 464 valence electrons. The Morgan fingerprint density at radius 1 is 0.581 bits per heavy atom. The summed E-state index contributed by atoms with van der Waals surface area (Å²) in [6.45, 7) is 9.01. The fourth-order valence-corrected chi connectivity index (χ4v) is 10.8. The van der Waals surface area contributed by atoms with Crippen LogP contribution < -0.4 is 26.6 Å². The van der Waals surface area contributed by atoms with Crippen LogP contribution in [0, 0.1) is 0 Å². The number of phenols is 3. The topological polar surface area (TPSA) is 418 Å². The quantitative estimate of drug-likeness (QED) is 0.0240. The third-order valence-corrected chi connectivity index (χ3v) is 15.8. The summed E-state index contributed by atoms with van der Waals surface area (Å²) in [5, 5.41) is 89.8. The standard InChI is InChI=1S/C23H17N7O3S.C21H20N8O3.C18H13N5O3S/c1-2-18(31)25-17-10-16(12-5-3-4-6-13(12)21(17)32)28-26-11-7-8-15-14(9-11)19-20(29-27-15)22(23(24)33)34-30-19;1-3-28(4-2)21(32)15-11-23-29-17-10-13(5-7-16(17)26-27-20(15)29)25-24-12-6-8-18(30)14(9-12)19(22)31;1-2-26-18(25)17-16-15(23-27-17)13-9-11(5-8-14(13)21-22-16)20-19-10-3-6-12(24)7-4-10/h3-10,32H,2H2,1H3,(H2,24,33)(H,25,31);5-10H,3-4,11H2,1-2H3,(H2-,22,25,27,30,31,32);3-9,24H,2H2,1H3/p+1. The van der Waals surface area contributed by atoms with Crippen molar-refractivity contribution in [3.63, 3.8) is 0 Å². The Morgan fingerprint density at radius 2 is 1.13 bits per heavy atom. The lowest BCUT2D eigenvalue weighted by molar-refractivity contribution is -0.533. The second-order valence-corrected chi connectivity index (χ2v) is 21.5. The number of phenolic OH excluding ortho intramolecular Hbond substituents is 2. The molecule has 0 bridgehead atoms. The molecular formula is C62H51N20O9S2+. The molecule has 5 aromatic heterocycles. The van der Waals surface area contributed by atoms with Crippen LogP contribution in [0.4, 0.5) is 39.8 Å². The van der Waals surface area contributed by atoms with E-state index in [-0.39, 0.29) is 64.8 Å². The van der Waals surface area contributed by atoms with E-state index in [4.69, 9.17) is 16.2 Å². The van der Waals surface area contributed by atoms with E-state index in [1.54, 1.807) is 120 Å². The monoisotopic (exact) mass is 1280 g/mol. The van der Waals surface area contributed by atoms with Gasteiger partial charge in [-0.15, -0.1) is 30.6 Å². The lowest BCUT2D eigenvalue weighted by atomic mass is 10.1. The minimum Gasteiger partial charge on any atom is -0.508 e. The van der Waals surface area contributed by atoms with Gasteiger partial charge in [-0.1, -0.05) is 35.6 Å². The van der Waals surface area contributed by atoms with Gasteiger partial charge in [-0.3, -0.25) is 19.2 Å². The number of esters is 1. The van der Waals surface area contributed by atoms with E-state index in [9.17, 15) is 39.3 Å². The van der Waals surface area contributed by atoms with Crippen molar-refractivity contribution >= 4 is 164 Å². The number of aromatic hydroxyl groups is 3. The van der Waals surface area contributed by atoms with Gasteiger partial charge < -0.3 is 41.7 Å². The summed E-state index contributed by atoms with van der Waals surface area (Å²) in [6, 6.07) is 35.1. The van der Waals surface area contributed by atoms with Gasteiger partial charge in [0.25, 0.3) is 17.7 Å². The lowest BCUT2D eigenvalue weighted by Crippen LogP contribution is -2.42. The SMILES string of the molecule is CCC(=O)Nc1cc(N=Nc2ccc3nnc4c(C(N)=O)snc4c3c2)c2ccccc2c1O.CCN(CC)C(=O)C1=c2nnc3ccc(N=Nc4ccc(O)c(C(N)=O)c4)cc3[n+]2=NC1.CCOC(=O)c1snc2c1nnc1ccc(N=Nc3ccc(O)cc3)cc12. The van der Waals surface area contributed by atoms with Crippen molar-refractivity contribution in [3.8, 4) is 17.2 Å². The number of anilines is 1. The Morgan fingerprint density at radius 3 is 1.74 bits per heavy atom. The van der Waals surface area contributed by atoms with Crippen LogP contribution in [0.15, 0.2) is 163 Å². The zero-order chi connectivity index (χ0) is 65.4. The normalized spacial score (nSPS) is 11.9. The highest BCUT2D eigenvalue weighted by molar-refractivity contribution is 7.10. The maximum atomic E-state index is 12.8. The summed E-state index contributed by atoms with van der Waals surface area (Å²) in [6.07, 6.45) is 0.270. The minimum atomic E-state index is -0.760. The average molecular weight is 1280 g/mol. The molecule has 0 saturated heterocycles. The van der Waals surface area contributed by atoms with E-state index >= 15 is 0 Å². The number of amides is 4. The first-order chi connectivity index (χ1) is 45.0. The number of aromatic nitrogens is 9. The number of hydrogen-bond acceptors (Lipinski definition) is 26. The molecule has 1 aliphatic heterocycles. The number of nitrogens with two attached hydrogens (primary N) is 2. The Balaban J connectivity index is 0.000000144. The Labute approximate surface area is 532 Å². The van der Waals surface area contributed by atoms with Crippen LogP contribution in [0.25, 0.3) is 71.3 Å². The highest BCUT2D eigenvalue weighted by Gasteiger charge is 2.28. The summed E-state index contributed by atoms with van der Waals surface area (Å²) >= 11 is 2.01. The number of primary amides is 2. The second-order valence-electron chi connectivity index (χ2n) is 20.0. The number of fused-ring (bicyclic) bond motifs is 10. The van der Waals surface area contributed by atoms with Crippen molar-refractivity contribution in [3.05, 3.63) is 148 Å². The Bertz CT molecular complexity index is 5230. The summed E-state index contributed by atoms with van der Waals surface area (Å²) in [7, 11) is 0. The van der Waals surface area contributed by atoms with Crippen LogP contribution in [0.2, 0.25) is 0 Å². The van der Waals surface area contributed by atoms with E-state index in [1.807, 2.05) is 26.0 Å². The van der Waals surface area contributed by atoms with Gasteiger partial charge in [-0.2, -0.15) is 34.3 Å². The molecule has 4 amide bonds. The Kier molecular flexibility index (Phi) is 18.3. The summed E-state index contributed by atoms with van der Waals surface area (Å²) in [4.78, 5) is 62.1. The molecule has 29 nitrogen and oxygen atoms in total. The van der Waals surface area contributed by atoms with E-state index in [2.05, 4.69) is 80.5 Å². The highest BCUT2D eigenvalue weighted by atomic mass is 32.1. The molecule has 0 spiro atoms. The molecule has 13 rings (SSSR count). The smallest absolute Gasteiger partial charge is 0.386 e. The molecule has 0 radical (unpaired) electrons. The molecule has 12 aromatic rings. The van der Waals surface area contributed by atoms with Crippen LogP contribution in [0.3, 0.4) is 0 Å². The van der Waals surface area contributed by atoms with Crippen molar-refractivity contribution in [2.24, 2.45) is 47.3 Å². The summed E-state index contributed by atoms with van der Waals surface area (Å²) in [5.41, 5.74) is 19.2. The first-order valence-corrected chi connectivity index (χ1v) is 29.9. The van der Waals surface area contributed by atoms with Crippen LogP contribution in [0.1, 0.15) is 63.8 Å². The maximum absolute atomic E-state index is 12.8. The molecule has 93 heavy (non-hydrogen) atoms. The summed E-state index contributed by atoms with van der Waals surface area (Å²) in [5.74, 6) is -2.24. The van der Waals surface area contributed by atoms with Gasteiger partial charge in [0.15, 0.2) is 15.9 Å². The van der Waals surface area contributed by atoms with Gasteiger partial charge >= 0.3 is 11.4 Å². The molecule has 6 heterocycles. The van der Waals surface area contributed by atoms with Crippen molar-refractivity contribution < 1.29 is 48.4 Å². The van der Waals surface area contributed by atoms with Gasteiger partial charge in [0.1, 0.15) is 56.3 Å². The number of nitrogens with one attached hydrogen (secondary N) is 1. The second kappa shape index (κ2) is 27.2. The highest BCUT2D eigenvalue weighted by Crippen LogP contribution is 2.41. The fourth-order valence-electron chi connectivity index (χ4n) is 9.43. The van der Waals surface area contributed by atoms with Crippen molar-refractivity contribution in [2.75, 3.05) is 31.6 Å². The Hall–Kier alpha value is -12.3. The number of ether oxygens (including phenoxy) is 1. The number of nitrogens with zero attached hydrogens (tertiary/aromatic N) is 17. The van der Waals surface area contributed by atoms with E-state index in [0.717, 1.165) is 28.5 Å². The number of azo groups is 3. The summed E-state index contributed by atoms with van der Waals surface area (Å²) < 4.78 is 15.3. The van der Waals surface area contributed by atoms with E-state index in [1.165, 1.54) is 18.2 Å². The molecule has 0 atom stereocenters. The van der Waals surface area contributed by atoms with Crippen LogP contribution in [0.5, 0.6) is 17.2 Å². The molecule has 7 aromatic carbocycles. The largest absolute Gasteiger partial charge is 0.508 e. The van der Waals surface area contributed by atoms with Crippen molar-refractivity contribution in [1.29, 1.82) is 0 Å². The molecule has 1 aliphatic rings. The molecule has 0 saturated carbocycles. The van der Waals surface area contributed by atoms with E-state index in [0.29, 0.717) is 123 Å². The first-order valence-electron chi connectivity index (χ1n) is 28.4. The zero-order valence-electron chi connectivity index (χ0n) is 49.5. The van der Waals surface area contributed by atoms with Crippen molar-refractivity contribution in [2.45, 2.75) is 34.1 Å². The molecule has 31 heteroatoms. The molecule has 0 aliphatic carbocycles.